The van der Waals surface area contributed by atoms with Crippen molar-refractivity contribution in [3.05, 3.63) is 40.5 Å². The second kappa shape index (κ2) is 5.62. The second-order valence-corrected chi connectivity index (χ2v) is 6.21. The third-order valence-electron chi connectivity index (χ3n) is 4.40. The monoisotopic (exact) mass is 334 g/mol. The quantitative estimate of drug-likeness (QED) is 0.361. The van der Waals surface area contributed by atoms with Crippen molar-refractivity contribution in [2.75, 3.05) is 0 Å². The summed E-state index contributed by atoms with van der Waals surface area (Å²) >= 11 is 0. The van der Waals surface area contributed by atoms with Crippen LogP contribution in [0.4, 0.5) is 0 Å². The Labute approximate surface area is 143 Å². The molecule has 6 N–H and O–H groups in total. The van der Waals surface area contributed by atoms with Gasteiger partial charge in [-0.05, 0) is 19.4 Å². The van der Waals surface area contributed by atoms with E-state index < -0.39 is 0 Å². The molecular formula is C18H18N6O. The maximum Gasteiger partial charge on any atom is 0.172 e. The number of aryl methyl sites for hydroxylation is 1. The molecule has 1 aliphatic carbocycles. The summed E-state index contributed by atoms with van der Waals surface area (Å²) in [6, 6.07) is 7.78. The number of aromatic amines is 2. The standard InChI is InChI=1S/C18H18N6O/c1-9-2-4-10(5-3-9)14-16(25)15(24-23-14)18-21-12-7-6-11(17(19)20)8-13(12)22-18/h2-5,7-8,11,25H,6H2,1H3,(H3,19,20)(H,21,22)(H,23,24). The van der Waals surface area contributed by atoms with Gasteiger partial charge in [-0.15, -0.1) is 0 Å². The van der Waals surface area contributed by atoms with Gasteiger partial charge in [0.1, 0.15) is 11.4 Å². The molecule has 3 aromatic rings. The zero-order valence-electron chi connectivity index (χ0n) is 13.7. The molecule has 0 saturated heterocycles. The fraction of sp³-hybridized carbons (Fsp3) is 0.167. The molecule has 1 atom stereocenters. The van der Waals surface area contributed by atoms with Crippen LogP contribution in [0, 0.1) is 18.3 Å². The Morgan fingerprint density at radius 2 is 2.08 bits per heavy atom. The van der Waals surface area contributed by atoms with Crippen LogP contribution in [0.3, 0.4) is 0 Å². The number of nitrogens with one attached hydrogen (secondary N) is 3. The molecule has 1 aliphatic rings. The lowest BCUT2D eigenvalue weighted by molar-refractivity contribution is 0.479. The van der Waals surface area contributed by atoms with Crippen molar-refractivity contribution in [3.63, 3.8) is 0 Å². The number of hydrogen-bond donors (Lipinski definition) is 5. The molecule has 1 unspecified atom stereocenters. The van der Waals surface area contributed by atoms with E-state index in [9.17, 15) is 5.11 Å². The Kier molecular flexibility index (Phi) is 3.42. The van der Waals surface area contributed by atoms with Crippen LogP contribution in [0.1, 0.15) is 12.0 Å². The highest BCUT2D eigenvalue weighted by atomic mass is 16.3. The first kappa shape index (κ1) is 15.2. The van der Waals surface area contributed by atoms with Crippen molar-refractivity contribution in [2.45, 2.75) is 13.3 Å². The van der Waals surface area contributed by atoms with E-state index >= 15 is 0 Å². The highest BCUT2D eigenvalue weighted by Gasteiger charge is 2.19. The van der Waals surface area contributed by atoms with Crippen LogP contribution in [0.2, 0.25) is 0 Å². The number of hydrogen-bond acceptors (Lipinski definition) is 4. The van der Waals surface area contributed by atoms with Crippen LogP contribution in [0.15, 0.2) is 24.3 Å². The summed E-state index contributed by atoms with van der Waals surface area (Å²) in [5.41, 5.74) is 8.48. The second-order valence-electron chi connectivity index (χ2n) is 6.21. The molecule has 25 heavy (non-hydrogen) atoms. The number of fused-ring (bicyclic) bond motifs is 1. The molecule has 0 fully saturated rings. The van der Waals surface area contributed by atoms with Gasteiger partial charge in [-0.25, -0.2) is 4.98 Å². The molecule has 7 heteroatoms. The van der Waals surface area contributed by atoms with Gasteiger partial charge in [0.25, 0.3) is 0 Å². The Balaban J connectivity index is 1.77. The zero-order valence-corrected chi connectivity index (χ0v) is 13.7. The van der Waals surface area contributed by atoms with Crippen LogP contribution in [-0.4, -0.2) is 31.1 Å². The van der Waals surface area contributed by atoms with Gasteiger partial charge in [-0.3, -0.25) is 10.5 Å². The van der Waals surface area contributed by atoms with Crippen molar-refractivity contribution in [1.29, 1.82) is 5.41 Å². The van der Waals surface area contributed by atoms with Crippen LogP contribution in [0.25, 0.3) is 34.9 Å². The van der Waals surface area contributed by atoms with Gasteiger partial charge < -0.3 is 15.8 Å². The van der Waals surface area contributed by atoms with Gasteiger partial charge in [0, 0.05) is 11.5 Å². The SMILES string of the molecule is Cc1ccc(-c2n[nH]c(-c3nc4c([nH]3)=CC(C(=N)N)CC=4)c2O)cc1. The lowest BCUT2D eigenvalue weighted by Crippen LogP contribution is -2.33. The van der Waals surface area contributed by atoms with Crippen molar-refractivity contribution < 1.29 is 5.11 Å². The number of nitrogens with zero attached hydrogens (tertiary/aromatic N) is 2. The van der Waals surface area contributed by atoms with Gasteiger partial charge in [0.2, 0.25) is 0 Å². The van der Waals surface area contributed by atoms with E-state index in [4.69, 9.17) is 11.1 Å². The first-order chi connectivity index (χ1) is 12.0. The molecule has 1 aromatic carbocycles. The van der Waals surface area contributed by atoms with E-state index in [1.165, 1.54) is 0 Å². The maximum atomic E-state index is 10.6. The lowest BCUT2D eigenvalue weighted by atomic mass is 10.0. The zero-order chi connectivity index (χ0) is 17.6. The molecule has 2 heterocycles. The summed E-state index contributed by atoms with van der Waals surface area (Å²) < 4.78 is 0. The maximum absolute atomic E-state index is 10.6. The fourth-order valence-corrected chi connectivity index (χ4v) is 2.94. The number of nitrogens with two attached hydrogens (primary N) is 1. The molecule has 0 aliphatic heterocycles. The Morgan fingerprint density at radius 1 is 1.32 bits per heavy atom. The van der Waals surface area contributed by atoms with E-state index in [0.717, 1.165) is 21.8 Å². The third-order valence-corrected chi connectivity index (χ3v) is 4.40. The normalized spacial score (nSPS) is 16.0. The number of imidazole rings is 1. The molecule has 7 nitrogen and oxygen atoms in total. The van der Waals surface area contributed by atoms with Crippen LogP contribution in [0.5, 0.6) is 5.75 Å². The predicted octanol–water partition coefficient (Wildman–Crippen LogP) is 0.998. The number of benzene rings is 1. The van der Waals surface area contributed by atoms with E-state index in [0.29, 0.717) is 23.6 Å². The Hall–Kier alpha value is -3.35. The van der Waals surface area contributed by atoms with Crippen molar-refractivity contribution in [1.82, 2.24) is 20.2 Å². The predicted molar refractivity (Wildman–Crippen MR) is 96.2 cm³/mol. The molecule has 0 radical (unpaired) electrons. The average Bonchev–Trinajstić information content (AvgIpc) is 3.18. The van der Waals surface area contributed by atoms with Crippen LogP contribution in [-0.2, 0) is 0 Å². The summed E-state index contributed by atoms with van der Waals surface area (Å²) in [7, 11) is 0. The minimum Gasteiger partial charge on any atom is -0.504 e. The number of H-pyrrole nitrogens is 2. The first-order valence-corrected chi connectivity index (χ1v) is 7.99. The molecule has 0 bridgehead atoms. The minimum atomic E-state index is -0.126. The lowest BCUT2D eigenvalue weighted by Gasteiger charge is -2.08. The Bertz CT molecular complexity index is 1070. The van der Waals surface area contributed by atoms with Crippen LogP contribution < -0.4 is 16.4 Å². The van der Waals surface area contributed by atoms with E-state index in [-0.39, 0.29) is 17.5 Å². The molecule has 2 aromatic heterocycles. The first-order valence-electron chi connectivity index (χ1n) is 7.99. The largest absolute Gasteiger partial charge is 0.504 e. The van der Waals surface area contributed by atoms with E-state index in [1.54, 1.807) is 0 Å². The van der Waals surface area contributed by atoms with Gasteiger partial charge in [-0.2, -0.15) is 5.10 Å². The molecule has 126 valence electrons. The molecule has 0 saturated carbocycles. The summed E-state index contributed by atoms with van der Waals surface area (Å²) in [5.74, 6) is 0.562. The molecule has 0 amide bonds. The highest BCUT2D eigenvalue weighted by Crippen LogP contribution is 2.34. The average molecular weight is 334 g/mol. The van der Waals surface area contributed by atoms with E-state index in [1.807, 2.05) is 43.3 Å². The Morgan fingerprint density at radius 3 is 2.80 bits per heavy atom. The molecular weight excluding hydrogens is 316 g/mol. The van der Waals surface area contributed by atoms with Crippen molar-refractivity contribution in [3.8, 4) is 28.5 Å². The smallest absolute Gasteiger partial charge is 0.172 e. The van der Waals surface area contributed by atoms with Gasteiger partial charge in [0.15, 0.2) is 11.6 Å². The van der Waals surface area contributed by atoms with Gasteiger partial charge in [-0.1, -0.05) is 35.9 Å². The summed E-state index contributed by atoms with van der Waals surface area (Å²) in [6.45, 7) is 2.01. The van der Waals surface area contributed by atoms with Crippen LogP contribution >= 0.6 is 0 Å². The topological polar surface area (TPSA) is 127 Å². The summed E-state index contributed by atoms with van der Waals surface area (Å²) in [6.07, 6.45) is 4.48. The minimum absolute atomic E-state index is 0.0538. The number of aromatic hydroxyl groups is 1. The number of amidine groups is 1. The summed E-state index contributed by atoms with van der Waals surface area (Å²) in [4.78, 5) is 7.68. The highest BCUT2D eigenvalue weighted by molar-refractivity contribution is 5.86. The van der Waals surface area contributed by atoms with Crippen molar-refractivity contribution in [2.24, 2.45) is 11.7 Å². The van der Waals surface area contributed by atoms with E-state index in [2.05, 4.69) is 20.2 Å². The number of aromatic nitrogens is 4. The fourth-order valence-electron chi connectivity index (χ4n) is 2.94. The number of rotatable bonds is 3. The summed E-state index contributed by atoms with van der Waals surface area (Å²) in [5, 5.41) is 26.8. The third kappa shape index (κ3) is 2.59. The molecule has 0 spiro atoms. The van der Waals surface area contributed by atoms with Crippen molar-refractivity contribution >= 4 is 18.0 Å². The molecule has 4 rings (SSSR count). The van der Waals surface area contributed by atoms with Gasteiger partial charge >= 0.3 is 0 Å². The van der Waals surface area contributed by atoms with Gasteiger partial charge in [0.05, 0.1) is 16.5 Å².